The van der Waals surface area contributed by atoms with E-state index in [1.165, 1.54) is 46.4 Å². The first-order chi connectivity index (χ1) is 26.3. The van der Waals surface area contributed by atoms with Crippen LogP contribution in [0.25, 0.3) is 11.1 Å². The van der Waals surface area contributed by atoms with Gasteiger partial charge in [0.05, 0.1) is 0 Å². The van der Waals surface area contributed by atoms with Crippen LogP contribution in [0.2, 0.25) is 0 Å². The lowest BCUT2D eigenvalue weighted by atomic mass is 9.88. The predicted octanol–water partition coefficient (Wildman–Crippen LogP) is 7.62. The van der Waals surface area contributed by atoms with E-state index in [1.807, 2.05) is 12.1 Å². The summed E-state index contributed by atoms with van der Waals surface area (Å²) >= 11 is 3.62. The molecule has 1 N–H and O–H groups in total. The number of anilines is 2. The van der Waals surface area contributed by atoms with Gasteiger partial charge in [-0.15, -0.1) is 0 Å². The van der Waals surface area contributed by atoms with E-state index in [0.29, 0.717) is 24.4 Å². The molecule has 4 aromatic carbocycles. The number of hydrogen-bond acceptors (Lipinski definition) is 6. The van der Waals surface area contributed by atoms with Crippen molar-refractivity contribution in [2.24, 2.45) is 5.92 Å². The highest BCUT2D eigenvalue weighted by atomic mass is 79.9. The number of imide groups is 1. The molecular formula is C45H48BrN5O3. The summed E-state index contributed by atoms with van der Waals surface area (Å²) in [5, 5.41) is 2.39. The van der Waals surface area contributed by atoms with E-state index < -0.39 is 6.04 Å². The van der Waals surface area contributed by atoms with Gasteiger partial charge in [0.25, 0.3) is 5.91 Å². The molecule has 4 aliphatic rings. The van der Waals surface area contributed by atoms with Gasteiger partial charge in [-0.3, -0.25) is 24.6 Å². The quantitative estimate of drug-likeness (QED) is 0.139. The van der Waals surface area contributed by atoms with Crippen LogP contribution in [0.15, 0.2) is 102 Å². The average Bonchev–Trinajstić information content (AvgIpc) is 3.53. The number of piperidine rings is 2. The monoisotopic (exact) mass is 785 g/mol. The van der Waals surface area contributed by atoms with Gasteiger partial charge in [-0.2, -0.15) is 0 Å². The maximum absolute atomic E-state index is 13.2. The fourth-order valence-electron chi connectivity index (χ4n) is 8.82. The Hall–Kier alpha value is -4.73. The first-order valence-electron chi connectivity index (χ1n) is 19.5. The van der Waals surface area contributed by atoms with Crippen LogP contribution in [-0.4, -0.2) is 79.4 Å². The minimum atomic E-state index is -0.583. The first-order valence-corrected chi connectivity index (χ1v) is 20.3. The Balaban J connectivity index is 0.851. The standard InChI is InChI=1S/C45H48BrN5O3/c1-2-39(32-6-4-3-5-7-32)43(33-8-12-36(46)13-9-33)34-10-14-37(15-11-34)49-22-20-31(21-23-49)29-48-24-26-50(27-25-48)38-16-17-40-35(28-38)30-51(45(40)54)41-18-19-42(52)47-44(41)53/h3-17,28,31,41H,2,18-27,29-30H2,1H3,(H,47,52,53)/b43-39-. The summed E-state index contributed by atoms with van der Waals surface area (Å²) in [6, 6.07) is 34.2. The zero-order valence-electron chi connectivity index (χ0n) is 31.0. The summed E-state index contributed by atoms with van der Waals surface area (Å²) in [6.45, 7) is 9.91. The summed E-state index contributed by atoms with van der Waals surface area (Å²) in [4.78, 5) is 46.5. The molecule has 0 spiro atoms. The van der Waals surface area contributed by atoms with Crippen molar-refractivity contribution in [3.8, 4) is 0 Å². The molecule has 3 amide bonds. The van der Waals surface area contributed by atoms with Crippen LogP contribution in [0, 0.1) is 5.92 Å². The number of piperazine rings is 1. The molecule has 1 unspecified atom stereocenters. The van der Waals surface area contributed by atoms with Gasteiger partial charge in [0.1, 0.15) is 6.04 Å². The minimum Gasteiger partial charge on any atom is -0.372 e. The highest BCUT2D eigenvalue weighted by Gasteiger charge is 2.39. The fraction of sp³-hybridized carbons (Fsp3) is 0.356. The Morgan fingerprint density at radius 1 is 0.722 bits per heavy atom. The first kappa shape index (κ1) is 36.3. The summed E-state index contributed by atoms with van der Waals surface area (Å²) in [5.74, 6) is -0.0563. The summed E-state index contributed by atoms with van der Waals surface area (Å²) < 4.78 is 1.08. The van der Waals surface area contributed by atoms with E-state index in [0.717, 1.165) is 68.0 Å². The molecule has 8 rings (SSSR count). The Kier molecular flexibility index (Phi) is 10.7. The maximum atomic E-state index is 13.2. The third-order valence-electron chi connectivity index (χ3n) is 11.8. The van der Waals surface area contributed by atoms with Crippen molar-refractivity contribution in [3.05, 3.63) is 129 Å². The van der Waals surface area contributed by atoms with Crippen molar-refractivity contribution < 1.29 is 14.4 Å². The Labute approximate surface area is 326 Å². The molecular weight excluding hydrogens is 738 g/mol. The molecule has 9 heteroatoms. The van der Waals surface area contributed by atoms with E-state index >= 15 is 0 Å². The molecule has 4 heterocycles. The minimum absolute atomic E-state index is 0.119. The molecule has 4 aromatic rings. The second kappa shape index (κ2) is 15.9. The maximum Gasteiger partial charge on any atom is 0.255 e. The number of amides is 3. The van der Waals surface area contributed by atoms with E-state index in [1.54, 1.807) is 4.90 Å². The Bertz CT molecular complexity index is 2030. The summed E-state index contributed by atoms with van der Waals surface area (Å²) in [7, 11) is 0. The molecule has 0 bridgehead atoms. The fourth-order valence-corrected chi connectivity index (χ4v) is 9.08. The second-order valence-corrected chi connectivity index (χ2v) is 16.0. The number of rotatable bonds is 9. The normalized spacial score (nSPS) is 20.2. The molecule has 3 fully saturated rings. The molecule has 1 atom stereocenters. The third kappa shape index (κ3) is 7.62. The van der Waals surface area contributed by atoms with Crippen molar-refractivity contribution in [3.63, 3.8) is 0 Å². The molecule has 3 saturated heterocycles. The van der Waals surface area contributed by atoms with E-state index in [2.05, 4.69) is 128 Å². The van der Waals surface area contributed by atoms with Crippen LogP contribution in [0.5, 0.6) is 0 Å². The van der Waals surface area contributed by atoms with Crippen molar-refractivity contribution in [1.29, 1.82) is 0 Å². The molecule has 0 saturated carbocycles. The molecule has 278 valence electrons. The van der Waals surface area contributed by atoms with Crippen molar-refractivity contribution in [2.75, 3.05) is 55.6 Å². The predicted molar refractivity (Wildman–Crippen MR) is 219 cm³/mol. The van der Waals surface area contributed by atoms with Gasteiger partial charge >= 0.3 is 0 Å². The highest BCUT2D eigenvalue weighted by molar-refractivity contribution is 9.10. The number of allylic oxidation sites excluding steroid dienone is 1. The summed E-state index contributed by atoms with van der Waals surface area (Å²) in [6.07, 6.45) is 3.99. The van der Waals surface area contributed by atoms with Crippen molar-refractivity contribution >= 4 is 56.2 Å². The molecule has 8 nitrogen and oxygen atoms in total. The average molecular weight is 787 g/mol. The number of fused-ring (bicyclic) bond motifs is 1. The van der Waals surface area contributed by atoms with E-state index in [4.69, 9.17) is 0 Å². The lowest BCUT2D eigenvalue weighted by molar-refractivity contribution is -0.136. The third-order valence-corrected chi connectivity index (χ3v) is 12.3. The molecule has 0 aromatic heterocycles. The Morgan fingerprint density at radius 3 is 2.04 bits per heavy atom. The number of carbonyl (C=O) groups excluding carboxylic acids is 3. The van der Waals surface area contributed by atoms with Gasteiger partial charge in [-0.1, -0.05) is 77.5 Å². The second-order valence-electron chi connectivity index (χ2n) is 15.1. The number of nitrogens with one attached hydrogen (secondary N) is 1. The van der Waals surface area contributed by atoms with Crippen LogP contribution in [0.3, 0.4) is 0 Å². The SMILES string of the molecule is CC/C(=C(\c1ccc(Br)cc1)c1ccc(N2CCC(CN3CCN(c4ccc5c(c4)CN(C4CCC(=O)NC4=O)C5=O)CC3)CC2)cc1)c1ccccc1. The van der Waals surface area contributed by atoms with E-state index in [9.17, 15) is 14.4 Å². The van der Waals surface area contributed by atoms with Gasteiger partial charge in [0, 0.05) is 80.2 Å². The zero-order valence-corrected chi connectivity index (χ0v) is 32.6. The van der Waals surface area contributed by atoms with Gasteiger partial charge in [-0.25, -0.2) is 0 Å². The van der Waals surface area contributed by atoms with Crippen molar-refractivity contribution in [2.45, 2.75) is 51.6 Å². The van der Waals surface area contributed by atoms with Crippen LogP contribution < -0.4 is 15.1 Å². The van der Waals surface area contributed by atoms with Gasteiger partial charge < -0.3 is 14.7 Å². The van der Waals surface area contributed by atoms with Crippen LogP contribution in [-0.2, 0) is 16.1 Å². The smallest absolute Gasteiger partial charge is 0.255 e. The number of hydrogen-bond donors (Lipinski definition) is 1. The lowest BCUT2D eigenvalue weighted by Gasteiger charge is -2.40. The van der Waals surface area contributed by atoms with Gasteiger partial charge in [0.15, 0.2) is 0 Å². The van der Waals surface area contributed by atoms with Gasteiger partial charge in [-0.05, 0) is 107 Å². The Morgan fingerprint density at radius 2 is 1.37 bits per heavy atom. The lowest BCUT2D eigenvalue weighted by Crippen LogP contribution is -2.52. The van der Waals surface area contributed by atoms with Gasteiger partial charge in [0.2, 0.25) is 11.8 Å². The van der Waals surface area contributed by atoms with Crippen LogP contribution in [0.4, 0.5) is 11.4 Å². The highest BCUT2D eigenvalue weighted by Crippen LogP contribution is 2.36. The number of carbonyl (C=O) groups is 3. The number of benzene rings is 4. The number of halogens is 1. The zero-order chi connectivity index (χ0) is 37.2. The largest absolute Gasteiger partial charge is 0.372 e. The molecule has 0 aliphatic carbocycles. The molecule has 54 heavy (non-hydrogen) atoms. The van der Waals surface area contributed by atoms with E-state index in [-0.39, 0.29) is 24.1 Å². The molecule has 0 radical (unpaired) electrons. The number of nitrogens with zero attached hydrogens (tertiary/aromatic N) is 4. The molecule has 4 aliphatic heterocycles. The van der Waals surface area contributed by atoms with Crippen LogP contribution >= 0.6 is 15.9 Å². The summed E-state index contributed by atoms with van der Waals surface area (Å²) in [5.41, 5.74) is 10.5. The van der Waals surface area contributed by atoms with Crippen LogP contribution in [0.1, 0.15) is 71.6 Å². The van der Waals surface area contributed by atoms with Crippen molar-refractivity contribution in [1.82, 2.24) is 15.1 Å². The topological polar surface area (TPSA) is 76.2 Å².